The molecule has 4 heterocycles. The van der Waals surface area contributed by atoms with Crippen molar-refractivity contribution in [3.63, 3.8) is 0 Å². The van der Waals surface area contributed by atoms with Crippen LogP contribution in [0, 0.1) is 0 Å². The number of carbonyl (C=O) groups is 1. The van der Waals surface area contributed by atoms with Crippen LogP contribution in [0.25, 0.3) is 0 Å². The van der Waals surface area contributed by atoms with Gasteiger partial charge in [0, 0.05) is 13.3 Å². The molecule has 0 radical (unpaired) electrons. The molecule has 31 heavy (non-hydrogen) atoms. The van der Waals surface area contributed by atoms with Gasteiger partial charge in [0.15, 0.2) is 17.7 Å². The summed E-state index contributed by atoms with van der Waals surface area (Å²) in [4.78, 5) is 12.8. The van der Waals surface area contributed by atoms with Gasteiger partial charge in [0.1, 0.15) is 12.7 Å². The van der Waals surface area contributed by atoms with Gasteiger partial charge >= 0.3 is 0 Å². The van der Waals surface area contributed by atoms with Gasteiger partial charge in [-0.3, -0.25) is 4.79 Å². The lowest BCUT2D eigenvalue weighted by molar-refractivity contribution is -0.386. The van der Waals surface area contributed by atoms with Gasteiger partial charge in [-0.2, -0.15) is 5.01 Å². The third-order valence-corrected chi connectivity index (χ3v) is 6.21. The van der Waals surface area contributed by atoms with Crippen molar-refractivity contribution in [2.24, 2.45) is 5.10 Å². The number of hydrogen-bond donors (Lipinski definition) is 0. The zero-order valence-electron chi connectivity index (χ0n) is 19.6. The lowest BCUT2D eigenvalue weighted by Crippen LogP contribution is -2.76. The second-order valence-corrected chi connectivity index (χ2v) is 9.74. The first kappa shape index (κ1) is 22.9. The van der Waals surface area contributed by atoms with Gasteiger partial charge in [0.2, 0.25) is 11.8 Å². The Labute approximate surface area is 184 Å². The van der Waals surface area contributed by atoms with Crippen LogP contribution in [0.4, 0.5) is 0 Å². The standard InChI is InChI=1S/C22H36N2O7/c1-7-8-9-10-11-12-17-23-24(15(2)25)22(29-17)18-16(28-20(5,6)30-18)13-26-21(22)14-27-19(3,4)31-21/h16,18H,7-14H2,1-6H3/t16-,18-,21+,22+/m1/s1. The minimum absolute atomic E-state index is 0.0795. The zero-order chi connectivity index (χ0) is 22.5. The fourth-order valence-electron chi connectivity index (χ4n) is 4.93. The molecule has 0 saturated carbocycles. The average Bonchev–Trinajstić information content (AvgIpc) is 3.31. The summed E-state index contributed by atoms with van der Waals surface area (Å²) < 4.78 is 37.4. The van der Waals surface area contributed by atoms with Crippen molar-refractivity contribution in [2.75, 3.05) is 13.2 Å². The molecule has 9 nitrogen and oxygen atoms in total. The number of carbonyl (C=O) groups excluding carboxylic acids is 1. The van der Waals surface area contributed by atoms with Gasteiger partial charge in [-0.15, -0.1) is 5.10 Å². The van der Waals surface area contributed by atoms with Gasteiger partial charge in [0.25, 0.3) is 11.5 Å². The monoisotopic (exact) mass is 440 g/mol. The predicted molar refractivity (Wildman–Crippen MR) is 111 cm³/mol. The van der Waals surface area contributed by atoms with E-state index in [2.05, 4.69) is 12.0 Å². The normalized spacial score (nSPS) is 37.9. The predicted octanol–water partition coefficient (Wildman–Crippen LogP) is 3.26. The molecule has 0 N–H and O–H groups in total. The smallest absolute Gasteiger partial charge is 0.291 e. The largest absolute Gasteiger partial charge is 0.442 e. The molecule has 3 saturated heterocycles. The molecular formula is C22H36N2O7. The molecule has 4 aliphatic heterocycles. The molecule has 0 aromatic carbocycles. The Morgan fingerprint density at radius 1 is 1.06 bits per heavy atom. The SMILES string of the molecule is CCCCCCCC1=NN(C(C)=O)[C@]2(O1)[C@@H]1OC(C)(C)O[C@@H]1CO[C@]21COC(C)(C)O1. The fraction of sp³-hybridized carbons (Fsp3) is 0.909. The lowest BCUT2D eigenvalue weighted by Gasteiger charge is -2.52. The average molecular weight is 441 g/mol. The van der Waals surface area contributed by atoms with Crippen LogP contribution in [0.5, 0.6) is 0 Å². The van der Waals surface area contributed by atoms with Crippen LogP contribution in [0.2, 0.25) is 0 Å². The van der Waals surface area contributed by atoms with Crippen LogP contribution in [0.15, 0.2) is 5.10 Å². The number of unbranched alkanes of at least 4 members (excludes halogenated alkanes) is 4. The van der Waals surface area contributed by atoms with E-state index in [1.165, 1.54) is 31.2 Å². The quantitative estimate of drug-likeness (QED) is 0.586. The molecule has 0 unspecified atom stereocenters. The van der Waals surface area contributed by atoms with Crippen molar-refractivity contribution in [3.8, 4) is 0 Å². The van der Waals surface area contributed by atoms with E-state index in [0.29, 0.717) is 12.3 Å². The highest BCUT2D eigenvalue weighted by molar-refractivity contribution is 5.83. The van der Waals surface area contributed by atoms with Gasteiger partial charge < -0.3 is 28.4 Å². The Morgan fingerprint density at radius 3 is 2.45 bits per heavy atom. The zero-order valence-corrected chi connectivity index (χ0v) is 19.6. The van der Waals surface area contributed by atoms with E-state index in [1.54, 1.807) is 0 Å². The third kappa shape index (κ3) is 3.88. The van der Waals surface area contributed by atoms with Crippen LogP contribution < -0.4 is 0 Å². The molecule has 9 heteroatoms. The van der Waals surface area contributed by atoms with Gasteiger partial charge in [0.05, 0.1) is 6.61 Å². The number of hydrogen-bond acceptors (Lipinski definition) is 8. The molecule has 0 aromatic rings. The first-order valence-corrected chi connectivity index (χ1v) is 11.5. The molecule has 0 bridgehead atoms. The summed E-state index contributed by atoms with van der Waals surface area (Å²) in [5, 5.41) is 5.92. The van der Waals surface area contributed by atoms with Gasteiger partial charge in [-0.05, 0) is 34.1 Å². The summed E-state index contributed by atoms with van der Waals surface area (Å²) in [6.07, 6.45) is 5.09. The lowest BCUT2D eigenvalue weighted by atomic mass is 9.88. The summed E-state index contributed by atoms with van der Waals surface area (Å²) in [5.41, 5.74) is -1.47. The number of fused-ring (bicyclic) bond motifs is 3. The summed E-state index contributed by atoms with van der Waals surface area (Å²) in [6.45, 7) is 11.2. The Kier molecular flexibility index (Phi) is 5.88. The summed E-state index contributed by atoms with van der Waals surface area (Å²) in [5.74, 6) is -2.96. The molecule has 0 aliphatic carbocycles. The second-order valence-electron chi connectivity index (χ2n) is 9.74. The van der Waals surface area contributed by atoms with E-state index in [0.717, 1.165) is 12.8 Å². The Hall–Kier alpha value is -1.26. The van der Waals surface area contributed by atoms with Crippen LogP contribution in [0.3, 0.4) is 0 Å². The highest BCUT2D eigenvalue weighted by Crippen LogP contribution is 2.54. The third-order valence-electron chi connectivity index (χ3n) is 6.21. The summed E-state index contributed by atoms with van der Waals surface area (Å²) >= 11 is 0. The highest BCUT2D eigenvalue weighted by atomic mass is 16.9. The molecular weight excluding hydrogens is 404 g/mol. The van der Waals surface area contributed by atoms with E-state index in [9.17, 15) is 4.79 Å². The molecule has 0 aromatic heterocycles. The van der Waals surface area contributed by atoms with E-state index in [4.69, 9.17) is 28.4 Å². The molecule has 3 fully saturated rings. The van der Waals surface area contributed by atoms with Crippen molar-refractivity contribution in [2.45, 2.75) is 115 Å². The Morgan fingerprint density at radius 2 is 1.81 bits per heavy atom. The maximum absolute atomic E-state index is 12.8. The second kappa shape index (κ2) is 7.95. The first-order valence-electron chi connectivity index (χ1n) is 11.5. The van der Waals surface area contributed by atoms with Crippen LogP contribution in [-0.4, -0.2) is 65.3 Å². The Balaban J connectivity index is 1.67. The molecule has 176 valence electrons. The van der Waals surface area contributed by atoms with E-state index in [-0.39, 0.29) is 19.1 Å². The van der Waals surface area contributed by atoms with Crippen LogP contribution >= 0.6 is 0 Å². The van der Waals surface area contributed by atoms with Crippen molar-refractivity contribution in [1.29, 1.82) is 0 Å². The Bertz CT molecular complexity index is 737. The van der Waals surface area contributed by atoms with Gasteiger partial charge in [-0.1, -0.05) is 32.6 Å². The van der Waals surface area contributed by atoms with Crippen molar-refractivity contribution >= 4 is 11.8 Å². The molecule has 4 atom stereocenters. The molecule has 4 rings (SSSR count). The number of nitrogens with zero attached hydrogens (tertiary/aromatic N) is 2. The number of ether oxygens (including phenoxy) is 6. The van der Waals surface area contributed by atoms with Gasteiger partial charge in [-0.25, -0.2) is 0 Å². The van der Waals surface area contributed by atoms with Crippen molar-refractivity contribution in [1.82, 2.24) is 5.01 Å². The molecule has 4 aliphatic rings. The maximum atomic E-state index is 12.8. The van der Waals surface area contributed by atoms with Crippen LogP contribution in [-0.2, 0) is 33.2 Å². The fourth-order valence-corrected chi connectivity index (χ4v) is 4.93. The first-order chi connectivity index (χ1) is 14.5. The minimum Gasteiger partial charge on any atom is -0.442 e. The number of hydrazone groups is 1. The highest BCUT2D eigenvalue weighted by Gasteiger charge is 2.78. The topological polar surface area (TPSA) is 88.1 Å². The van der Waals surface area contributed by atoms with Crippen LogP contribution in [0.1, 0.15) is 80.1 Å². The van der Waals surface area contributed by atoms with E-state index >= 15 is 0 Å². The summed E-state index contributed by atoms with van der Waals surface area (Å²) in [6, 6.07) is 0. The number of amides is 1. The maximum Gasteiger partial charge on any atom is 0.291 e. The molecule has 1 amide bonds. The molecule has 2 spiro atoms. The minimum atomic E-state index is -1.47. The van der Waals surface area contributed by atoms with Crippen molar-refractivity contribution < 1.29 is 33.2 Å². The number of rotatable bonds is 6. The van der Waals surface area contributed by atoms with E-state index in [1.807, 2.05) is 27.7 Å². The summed E-state index contributed by atoms with van der Waals surface area (Å²) in [7, 11) is 0. The van der Waals surface area contributed by atoms with Crippen molar-refractivity contribution in [3.05, 3.63) is 0 Å². The van der Waals surface area contributed by atoms with E-state index < -0.39 is 35.3 Å².